The molecule has 1 aliphatic rings. The summed E-state index contributed by atoms with van der Waals surface area (Å²) in [6.07, 6.45) is -7.22. The largest absolute Gasteiger partial charge is 0.416 e. The van der Waals surface area contributed by atoms with E-state index >= 15 is 0 Å². The molecule has 216 valence electrons. The minimum atomic E-state index is -5.07. The van der Waals surface area contributed by atoms with Gasteiger partial charge in [0.1, 0.15) is 0 Å². The van der Waals surface area contributed by atoms with Crippen LogP contribution in [0.25, 0.3) is 10.9 Å². The lowest BCUT2D eigenvalue weighted by Crippen LogP contribution is -2.57. The number of aromatic nitrogens is 1. The summed E-state index contributed by atoms with van der Waals surface area (Å²) in [4.78, 5) is 34.5. The maximum Gasteiger partial charge on any atom is 0.416 e. The SMILES string of the molecule is CN(C)CCCC(=O)N1CCN(C(=O)c2cc(C(F)(F)F)cc(C(F)(F)F)c2)[C@H](Cc2c[nH]c3ccccc23)C1. The standard InChI is InChI=1S/C28H30F6N4O2/c1-36(2)9-5-8-25(39)37-10-11-38(22(17-37)14-19-16-35-24-7-4-3-6-23(19)24)26(40)18-12-20(27(29,30)31)15-21(13-18)28(32,33)34/h3-4,6-7,12-13,15-16,22,35H,5,8-11,14,17H2,1-2H3/t22-/m1/s1. The second-order valence-corrected chi connectivity index (χ2v) is 10.3. The van der Waals surface area contributed by atoms with Crippen LogP contribution in [0.4, 0.5) is 26.3 Å². The molecule has 2 heterocycles. The maximum atomic E-state index is 13.6. The van der Waals surface area contributed by atoms with Crippen molar-refractivity contribution in [2.24, 2.45) is 0 Å². The average Bonchev–Trinajstić information content (AvgIpc) is 3.29. The van der Waals surface area contributed by atoms with Gasteiger partial charge in [0.15, 0.2) is 0 Å². The molecular weight excluding hydrogens is 538 g/mol. The number of aromatic amines is 1. The van der Waals surface area contributed by atoms with E-state index in [2.05, 4.69) is 4.98 Å². The second kappa shape index (κ2) is 11.5. The summed E-state index contributed by atoms with van der Waals surface area (Å²) < 4.78 is 80.8. The highest BCUT2D eigenvalue weighted by molar-refractivity contribution is 5.95. The zero-order valence-corrected chi connectivity index (χ0v) is 22.1. The van der Waals surface area contributed by atoms with Crippen molar-refractivity contribution in [2.75, 3.05) is 40.3 Å². The number of halogens is 6. The van der Waals surface area contributed by atoms with Gasteiger partial charge in [0.2, 0.25) is 5.91 Å². The Morgan fingerprint density at radius 3 is 2.25 bits per heavy atom. The van der Waals surface area contributed by atoms with Gasteiger partial charge in [0, 0.05) is 48.7 Å². The van der Waals surface area contributed by atoms with Gasteiger partial charge in [0.25, 0.3) is 5.91 Å². The highest BCUT2D eigenvalue weighted by Crippen LogP contribution is 2.37. The van der Waals surface area contributed by atoms with Crippen molar-refractivity contribution >= 4 is 22.7 Å². The Morgan fingerprint density at radius 2 is 1.62 bits per heavy atom. The number of hydrogen-bond acceptors (Lipinski definition) is 3. The fourth-order valence-corrected chi connectivity index (χ4v) is 5.03. The van der Waals surface area contributed by atoms with Gasteiger partial charge in [-0.2, -0.15) is 26.3 Å². The Morgan fingerprint density at radius 1 is 0.975 bits per heavy atom. The predicted molar refractivity (Wildman–Crippen MR) is 138 cm³/mol. The van der Waals surface area contributed by atoms with Crippen LogP contribution in [-0.2, 0) is 23.6 Å². The number of carbonyl (C=O) groups is 2. The Labute approximate surface area is 227 Å². The summed E-state index contributed by atoms with van der Waals surface area (Å²) in [5.41, 5.74) is -2.13. The van der Waals surface area contributed by atoms with Crippen molar-refractivity contribution < 1.29 is 35.9 Å². The molecule has 0 aliphatic carbocycles. The van der Waals surface area contributed by atoms with E-state index in [4.69, 9.17) is 0 Å². The highest BCUT2D eigenvalue weighted by Gasteiger charge is 2.39. The fraction of sp³-hybridized carbons (Fsp3) is 0.429. The topological polar surface area (TPSA) is 59.7 Å². The smallest absolute Gasteiger partial charge is 0.361 e. The highest BCUT2D eigenvalue weighted by atomic mass is 19.4. The summed E-state index contributed by atoms with van der Waals surface area (Å²) in [6, 6.07) is 7.68. The Hall–Kier alpha value is -3.54. The molecule has 3 aromatic rings. The average molecular weight is 569 g/mol. The monoisotopic (exact) mass is 568 g/mol. The number of carbonyl (C=O) groups excluding carboxylic acids is 2. The van der Waals surface area contributed by atoms with Crippen LogP contribution in [0.15, 0.2) is 48.7 Å². The Balaban J connectivity index is 1.66. The molecule has 1 aromatic heterocycles. The van der Waals surface area contributed by atoms with Gasteiger partial charge >= 0.3 is 12.4 Å². The van der Waals surface area contributed by atoms with Crippen LogP contribution in [-0.4, -0.2) is 77.8 Å². The number of amides is 2. The lowest BCUT2D eigenvalue weighted by atomic mass is 9.98. The van der Waals surface area contributed by atoms with Crippen LogP contribution in [0, 0.1) is 0 Å². The summed E-state index contributed by atoms with van der Waals surface area (Å²) in [5.74, 6) is -1.06. The van der Waals surface area contributed by atoms with Crippen LogP contribution >= 0.6 is 0 Å². The van der Waals surface area contributed by atoms with Crippen molar-refractivity contribution in [3.63, 3.8) is 0 Å². The molecule has 1 atom stereocenters. The normalized spacial score (nSPS) is 16.7. The zero-order chi connectivity index (χ0) is 29.2. The van der Waals surface area contributed by atoms with Gasteiger partial charge in [-0.1, -0.05) is 18.2 Å². The third-order valence-electron chi connectivity index (χ3n) is 7.06. The predicted octanol–water partition coefficient (Wildman–Crippen LogP) is 5.44. The van der Waals surface area contributed by atoms with E-state index in [1.807, 2.05) is 43.3 Å². The quantitative estimate of drug-likeness (QED) is 0.386. The fourth-order valence-electron chi connectivity index (χ4n) is 5.03. The molecule has 2 aromatic carbocycles. The van der Waals surface area contributed by atoms with Crippen molar-refractivity contribution in [3.05, 3.63) is 70.9 Å². The lowest BCUT2D eigenvalue weighted by Gasteiger charge is -2.42. The van der Waals surface area contributed by atoms with Gasteiger partial charge in [0.05, 0.1) is 17.2 Å². The minimum absolute atomic E-state index is 0.00450. The molecule has 0 spiro atoms. The molecule has 0 bridgehead atoms. The minimum Gasteiger partial charge on any atom is -0.361 e. The van der Waals surface area contributed by atoms with Crippen LogP contribution in [0.2, 0.25) is 0 Å². The van der Waals surface area contributed by atoms with Crippen molar-refractivity contribution in [1.29, 1.82) is 0 Å². The lowest BCUT2D eigenvalue weighted by molar-refractivity contribution is -0.143. The van der Waals surface area contributed by atoms with Gasteiger partial charge in [-0.25, -0.2) is 0 Å². The first-order valence-electron chi connectivity index (χ1n) is 12.8. The van der Waals surface area contributed by atoms with Gasteiger partial charge in [-0.3, -0.25) is 9.59 Å². The number of para-hydroxylation sites is 1. The van der Waals surface area contributed by atoms with Gasteiger partial charge in [-0.15, -0.1) is 0 Å². The number of H-pyrrole nitrogens is 1. The number of rotatable bonds is 7. The molecule has 0 saturated carbocycles. The van der Waals surface area contributed by atoms with Crippen molar-refractivity contribution in [3.8, 4) is 0 Å². The first kappa shape index (κ1) is 29.4. The Kier molecular flexibility index (Phi) is 8.48. The van der Waals surface area contributed by atoms with Crippen molar-refractivity contribution in [1.82, 2.24) is 19.7 Å². The van der Waals surface area contributed by atoms with E-state index in [1.165, 1.54) is 4.90 Å². The molecule has 1 fully saturated rings. The molecule has 0 radical (unpaired) electrons. The number of benzene rings is 2. The molecule has 6 nitrogen and oxygen atoms in total. The van der Waals surface area contributed by atoms with E-state index in [1.54, 1.807) is 11.1 Å². The van der Waals surface area contributed by atoms with E-state index in [-0.39, 0.29) is 44.4 Å². The third-order valence-corrected chi connectivity index (χ3v) is 7.06. The summed E-state index contributed by atoms with van der Waals surface area (Å²) in [7, 11) is 3.79. The molecule has 1 saturated heterocycles. The molecule has 12 heteroatoms. The zero-order valence-electron chi connectivity index (χ0n) is 22.1. The summed E-state index contributed by atoms with van der Waals surface area (Å²) in [6.45, 7) is 0.919. The third kappa shape index (κ3) is 6.78. The van der Waals surface area contributed by atoms with Gasteiger partial charge < -0.3 is 19.7 Å². The number of piperazine rings is 1. The van der Waals surface area contributed by atoms with E-state index in [0.717, 1.165) is 16.5 Å². The molecule has 1 aliphatic heterocycles. The molecule has 0 unspecified atom stereocenters. The number of alkyl halides is 6. The first-order valence-corrected chi connectivity index (χ1v) is 12.8. The molecule has 1 N–H and O–H groups in total. The van der Waals surface area contributed by atoms with Crippen LogP contribution < -0.4 is 0 Å². The van der Waals surface area contributed by atoms with Crippen LogP contribution in [0.3, 0.4) is 0 Å². The summed E-state index contributed by atoms with van der Waals surface area (Å²) >= 11 is 0. The van der Waals surface area contributed by atoms with E-state index in [9.17, 15) is 35.9 Å². The molecule has 2 amide bonds. The van der Waals surface area contributed by atoms with E-state index in [0.29, 0.717) is 25.1 Å². The maximum absolute atomic E-state index is 13.6. The van der Waals surface area contributed by atoms with Crippen molar-refractivity contribution in [2.45, 2.75) is 37.7 Å². The molecular formula is C28H30F6N4O2. The molecule has 4 rings (SSSR count). The number of nitrogens with zero attached hydrogens (tertiary/aromatic N) is 3. The second-order valence-electron chi connectivity index (χ2n) is 10.3. The first-order chi connectivity index (χ1) is 18.7. The Bertz CT molecular complexity index is 1330. The number of hydrogen-bond donors (Lipinski definition) is 1. The molecule has 40 heavy (non-hydrogen) atoms. The number of nitrogens with one attached hydrogen (secondary N) is 1. The summed E-state index contributed by atoms with van der Waals surface area (Å²) in [5, 5.41) is 0.878. The number of fused-ring (bicyclic) bond motifs is 1. The van der Waals surface area contributed by atoms with Gasteiger partial charge in [-0.05, 0) is 63.3 Å². The van der Waals surface area contributed by atoms with Crippen LogP contribution in [0.1, 0.15) is 39.9 Å². The van der Waals surface area contributed by atoms with Crippen LogP contribution in [0.5, 0.6) is 0 Å². The van der Waals surface area contributed by atoms with E-state index < -0.39 is 41.0 Å².